The number of amidine groups is 1. The number of aliphatic imine (C=N–C) groups is 1. The van der Waals surface area contributed by atoms with Crippen LogP contribution in [0, 0.1) is 0 Å². The Labute approximate surface area is 223 Å². The molecule has 1 atom stereocenters. The molecule has 0 saturated carbocycles. The molecule has 5 aromatic rings. The van der Waals surface area contributed by atoms with Gasteiger partial charge in [0.15, 0.2) is 5.84 Å². The lowest BCUT2D eigenvalue weighted by Gasteiger charge is -2.22. The zero-order valence-corrected chi connectivity index (χ0v) is 22.1. The Balaban J connectivity index is 1.29. The van der Waals surface area contributed by atoms with E-state index in [0.29, 0.717) is 21.3 Å². The summed E-state index contributed by atoms with van der Waals surface area (Å²) in [5.41, 5.74) is 9.19. The molecule has 0 fully saturated rings. The van der Waals surface area contributed by atoms with Crippen molar-refractivity contribution in [2.45, 2.75) is 29.1 Å². The van der Waals surface area contributed by atoms with Crippen molar-refractivity contribution in [3.8, 4) is 22.3 Å². The van der Waals surface area contributed by atoms with E-state index in [2.05, 4.69) is 68.4 Å². The molecule has 0 radical (unpaired) electrons. The van der Waals surface area contributed by atoms with Crippen LogP contribution in [0.5, 0.6) is 0 Å². The zero-order chi connectivity index (χ0) is 25.9. The first-order chi connectivity index (χ1) is 18.4. The average molecular weight is 511 g/mol. The Hall–Kier alpha value is -4.28. The van der Waals surface area contributed by atoms with Gasteiger partial charge in [0.05, 0.1) is 15.5 Å². The van der Waals surface area contributed by atoms with E-state index in [1.807, 2.05) is 66.7 Å². The predicted molar refractivity (Wildman–Crippen MR) is 156 cm³/mol. The van der Waals surface area contributed by atoms with Gasteiger partial charge in [-0.1, -0.05) is 105 Å². The topological polar surface area (TPSA) is 41.8 Å². The summed E-state index contributed by atoms with van der Waals surface area (Å²) in [4.78, 5) is 6.15. The first kappa shape index (κ1) is 22.9. The molecule has 5 aromatic carbocycles. The second kappa shape index (κ2) is 8.37. The van der Waals surface area contributed by atoms with Crippen molar-refractivity contribution in [1.82, 2.24) is 0 Å². The summed E-state index contributed by atoms with van der Waals surface area (Å²) in [7, 11) is -2.84. The molecular formula is C34H26N2OS. The van der Waals surface area contributed by atoms with Gasteiger partial charge in [-0.25, -0.2) is 9.20 Å². The quantitative estimate of drug-likeness (QED) is 0.239. The molecule has 0 bridgehead atoms. The summed E-state index contributed by atoms with van der Waals surface area (Å²) < 4.78 is 19.1. The maximum Gasteiger partial charge on any atom is 0.170 e. The third-order valence-electron chi connectivity index (χ3n) is 7.73. The predicted octanol–water partition coefficient (Wildman–Crippen LogP) is 8.64. The Bertz CT molecular complexity index is 1880. The first-order valence-corrected chi connectivity index (χ1v) is 14.3. The Morgan fingerprint density at radius 1 is 0.605 bits per heavy atom. The van der Waals surface area contributed by atoms with Crippen molar-refractivity contribution in [1.29, 1.82) is 0 Å². The Kier molecular flexibility index (Phi) is 5.04. The molecule has 2 aliphatic rings. The molecule has 0 amide bonds. The maximum atomic E-state index is 14.3. The van der Waals surface area contributed by atoms with Gasteiger partial charge < -0.3 is 0 Å². The number of hydrogen-bond donors (Lipinski definition) is 0. The highest BCUT2D eigenvalue weighted by Crippen LogP contribution is 2.49. The van der Waals surface area contributed by atoms with E-state index in [0.717, 1.165) is 11.1 Å². The normalized spacial score (nSPS) is 18.5. The minimum atomic E-state index is -2.84. The van der Waals surface area contributed by atoms with Crippen molar-refractivity contribution in [2.24, 2.45) is 9.36 Å². The third-order valence-corrected chi connectivity index (χ3v) is 10.0. The number of nitrogens with zero attached hydrogens (tertiary/aromatic N) is 2. The van der Waals surface area contributed by atoms with Gasteiger partial charge in [-0.05, 0) is 63.7 Å². The molecule has 1 unspecified atom stereocenters. The molecule has 184 valence electrons. The van der Waals surface area contributed by atoms with E-state index in [-0.39, 0.29) is 5.41 Å². The minimum absolute atomic E-state index is 0.0390. The third kappa shape index (κ3) is 3.41. The summed E-state index contributed by atoms with van der Waals surface area (Å²) in [6.07, 6.45) is 0. The van der Waals surface area contributed by atoms with Crippen LogP contribution in [-0.4, -0.2) is 10.0 Å². The lowest BCUT2D eigenvalue weighted by atomic mass is 9.81. The SMILES string of the molecule is CC1(C)c2ccccc2-c2ccc(-c3ccc(C4=Nc5ccccc5S(=O)(c5ccccc5)=N4)cc3)cc21. The van der Waals surface area contributed by atoms with Crippen LogP contribution in [0.25, 0.3) is 22.3 Å². The number of rotatable bonds is 3. The molecule has 0 N–H and O–H groups in total. The van der Waals surface area contributed by atoms with E-state index in [1.54, 1.807) is 0 Å². The second-order valence-electron chi connectivity index (χ2n) is 10.3. The molecule has 0 aromatic heterocycles. The average Bonchev–Trinajstić information content (AvgIpc) is 3.20. The fraction of sp³-hybridized carbons (Fsp3) is 0.0882. The van der Waals surface area contributed by atoms with E-state index >= 15 is 0 Å². The molecule has 1 heterocycles. The van der Waals surface area contributed by atoms with Crippen LogP contribution in [0.1, 0.15) is 30.5 Å². The van der Waals surface area contributed by atoms with Gasteiger partial charge in [-0.15, -0.1) is 0 Å². The van der Waals surface area contributed by atoms with Crippen molar-refractivity contribution in [2.75, 3.05) is 0 Å². The van der Waals surface area contributed by atoms with E-state index in [4.69, 9.17) is 9.36 Å². The van der Waals surface area contributed by atoms with E-state index in [9.17, 15) is 4.21 Å². The van der Waals surface area contributed by atoms with Crippen molar-refractivity contribution in [3.63, 3.8) is 0 Å². The summed E-state index contributed by atoms with van der Waals surface area (Å²) in [5.74, 6) is 0.495. The lowest BCUT2D eigenvalue weighted by Crippen LogP contribution is -2.14. The highest BCUT2D eigenvalue weighted by molar-refractivity contribution is 7.94. The molecule has 38 heavy (non-hydrogen) atoms. The fourth-order valence-electron chi connectivity index (χ4n) is 5.69. The van der Waals surface area contributed by atoms with E-state index < -0.39 is 9.73 Å². The van der Waals surface area contributed by atoms with Crippen LogP contribution in [-0.2, 0) is 15.1 Å². The monoisotopic (exact) mass is 510 g/mol. The molecule has 0 spiro atoms. The molecule has 0 saturated heterocycles. The highest BCUT2D eigenvalue weighted by Gasteiger charge is 2.35. The van der Waals surface area contributed by atoms with Crippen LogP contribution >= 0.6 is 0 Å². The van der Waals surface area contributed by atoms with Gasteiger partial charge in [0.1, 0.15) is 9.73 Å². The van der Waals surface area contributed by atoms with Crippen LogP contribution in [0.4, 0.5) is 5.69 Å². The molecule has 4 heteroatoms. The number of para-hydroxylation sites is 1. The van der Waals surface area contributed by atoms with Crippen LogP contribution in [0.15, 0.2) is 140 Å². The summed E-state index contributed by atoms with van der Waals surface area (Å²) in [6, 6.07) is 40.8. The van der Waals surface area contributed by atoms with Gasteiger partial charge in [-0.3, -0.25) is 0 Å². The summed E-state index contributed by atoms with van der Waals surface area (Å²) >= 11 is 0. The van der Waals surface area contributed by atoms with Gasteiger partial charge in [0.25, 0.3) is 0 Å². The maximum absolute atomic E-state index is 14.3. The highest BCUT2D eigenvalue weighted by atomic mass is 32.2. The molecule has 3 nitrogen and oxygen atoms in total. The van der Waals surface area contributed by atoms with Crippen molar-refractivity contribution in [3.05, 3.63) is 138 Å². The van der Waals surface area contributed by atoms with Gasteiger partial charge in [0.2, 0.25) is 0 Å². The fourth-order valence-corrected chi connectivity index (χ4v) is 7.72. The standard InChI is InChI=1S/C34H26N2OS/c1-34(2)29-13-7-6-12-27(29)28-21-20-25(22-30(28)34)23-16-18-24(19-17-23)33-35-31-14-8-9-15-32(31)38(37,36-33)26-10-4-3-5-11-26/h3-22H,1-2H3. The zero-order valence-electron chi connectivity index (χ0n) is 21.3. The van der Waals surface area contributed by atoms with Crippen molar-refractivity contribution < 1.29 is 4.21 Å². The van der Waals surface area contributed by atoms with Gasteiger partial charge in [0, 0.05) is 11.0 Å². The number of benzene rings is 5. The summed E-state index contributed by atoms with van der Waals surface area (Å²) in [6.45, 7) is 4.60. The lowest BCUT2D eigenvalue weighted by molar-refractivity contribution is 0.660. The minimum Gasteiger partial charge on any atom is -0.239 e. The van der Waals surface area contributed by atoms with Gasteiger partial charge in [-0.2, -0.15) is 4.36 Å². The smallest absolute Gasteiger partial charge is 0.170 e. The van der Waals surface area contributed by atoms with Crippen molar-refractivity contribution >= 4 is 21.3 Å². The largest absolute Gasteiger partial charge is 0.239 e. The first-order valence-electron chi connectivity index (χ1n) is 12.8. The summed E-state index contributed by atoms with van der Waals surface area (Å²) in [5, 5.41) is 0. The van der Waals surface area contributed by atoms with Crippen LogP contribution in [0.2, 0.25) is 0 Å². The van der Waals surface area contributed by atoms with Crippen LogP contribution < -0.4 is 0 Å². The van der Waals surface area contributed by atoms with Crippen LogP contribution in [0.3, 0.4) is 0 Å². The molecule has 7 rings (SSSR count). The van der Waals surface area contributed by atoms with E-state index in [1.165, 1.54) is 27.8 Å². The molecule has 1 aliphatic heterocycles. The number of fused-ring (bicyclic) bond motifs is 4. The Morgan fingerprint density at radius 3 is 2.05 bits per heavy atom. The number of hydrogen-bond acceptors (Lipinski definition) is 3. The van der Waals surface area contributed by atoms with Gasteiger partial charge >= 0.3 is 0 Å². The second-order valence-corrected chi connectivity index (χ2v) is 12.5. The molecular weight excluding hydrogens is 484 g/mol. The molecule has 1 aliphatic carbocycles. The Morgan fingerprint density at radius 2 is 1.24 bits per heavy atom.